The number of carbonyl (C=O) groups excluding carboxylic acids is 1. The fourth-order valence-corrected chi connectivity index (χ4v) is 4.88. The lowest BCUT2D eigenvalue weighted by Gasteiger charge is -2.31. The summed E-state index contributed by atoms with van der Waals surface area (Å²) in [5, 5.41) is 3.01. The van der Waals surface area contributed by atoms with Crippen molar-refractivity contribution in [2.45, 2.75) is 29.9 Å². The number of hydrogen-bond acceptors (Lipinski definition) is 5. The van der Waals surface area contributed by atoms with Crippen molar-refractivity contribution >= 4 is 27.5 Å². The summed E-state index contributed by atoms with van der Waals surface area (Å²) in [7, 11) is -1.72. The third kappa shape index (κ3) is 4.55. The molecule has 0 spiro atoms. The highest BCUT2D eigenvalue weighted by Gasteiger charge is 2.35. The topological polar surface area (TPSA) is 79.0 Å². The van der Waals surface area contributed by atoms with Crippen LogP contribution in [0, 0.1) is 0 Å². The number of nitrogens with one attached hydrogen (secondary N) is 1. The molecular formula is C17H24ClN3O4S. The summed E-state index contributed by atoms with van der Waals surface area (Å²) in [6.45, 7) is 1.64. The van der Waals surface area contributed by atoms with Gasteiger partial charge in [0.2, 0.25) is 10.0 Å². The predicted molar refractivity (Wildman–Crippen MR) is 98.6 cm³/mol. The number of rotatable bonds is 7. The Balaban J connectivity index is 1.58. The first kappa shape index (κ1) is 19.6. The molecule has 1 N–H and O–H groups in total. The number of amides is 1. The molecule has 144 valence electrons. The van der Waals surface area contributed by atoms with Crippen LogP contribution in [0.2, 0.25) is 5.02 Å². The van der Waals surface area contributed by atoms with Gasteiger partial charge in [-0.15, -0.1) is 0 Å². The minimum Gasteiger partial charge on any atom is -0.366 e. The Labute approximate surface area is 159 Å². The van der Waals surface area contributed by atoms with Crippen molar-refractivity contribution in [1.29, 1.82) is 0 Å². The molecule has 1 aromatic rings. The van der Waals surface area contributed by atoms with E-state index in [1.807, 2.05) is 7.05 Å². The average Bonchev–Trinajstić information content (AvgIpc) is 3.47. The van der Waals surface area contributed by atoms with Gasteiger partial charge < -0.3 is 15.0 Å². The van der Waals surface area contributed by atoms with E-state index in [0.717, 1.165) is 6.54 Å². The van der Waals surface area contributed by atoms with E-state index < -0.39 is 16.1 Å². The largest absolute Gasteiger partial charge is 0.366 e. The van der Waals surface area contributed by atoms with Crippen LogP contribution in [-0.2, 0) is 19.6 Å². The van der Waals surface area contributed by atoms with Crippen LogP contribution in [0.25, 0.3) is 0 Å². The molecule has 1 amide bonds. The molecule has 1 saturated carbocycles. The molecule has 1 saturated heterocycles. The highest BCUT2D eigenvalue weighted by Crippen LogP contribution is 2.26. The maximum Gasteiger partial charge on any atom is 0.250 e. The van der Waals surface area contributed by atoms with Crippen molar-refractivity contribution in [1.82, 2.24) is 14.5 Å². The lowest BCUT2D eigenvalue weighted by Crippen LogP contribution is -2.52. The molecular weight excluding hydrogens is 378 g/mol. The van der Waals surface area contributed by atoms with Gasteiger partial charge in [0.25, 0.3) is 5.91 Å². The molecule has 2 fully saturated rings. The molecule has 1 aromatic carbocycles. The summed E-state index contributed by atoms with van der Waals surface area (Å²) in [5.74, 6) is -0.284. The second-order valence-electron chi connectivity index (χ2n) is 6.66. The molecule has 7 nitrogen and oxygen atoms in total. The fourth-order valence-electron chi connectivity index (χ4n) is 2.96. The molecule has 0 unspecified atom stereocenters. The van der Waals surface area contributed by atoms with E-state index in [1.54, 1.807) is 12.1 Å². The molecule has 1 atom stereocenters. The predicted octanol–water partition coefficient (Wildman–Crippen LogP) is 0.940. The van der Waals surface area contributed by atoms with E-state index in [1.165, 1.54) is 29.3 Å². The summed E-state index contributed by atoms with van der Waals surface area (Å²) in [6.07, 6.45) is 1.61. The Morgan fingerprint density at radius 1 is 1.38 bits per heavy atom. The number of likely N-dealkylation sites (N-methyl/N-ethyl adjacent to an activating group) is 1. The highest BCUT2D eigenvalue weighted by molar-refractivity contribution is 7.89. The molecule has 2 aliphatic rings. The minimum atomic E-state index is -3.76. The molecule has 0 aromatic heterocycles. The number of halogens is 1. The number of sulfonamides is 1. The van der Waals surface area contributed by atoms with Crippen LogP contribution >= 0.6 is 11.6 Å². The third-order valence-corrected chi connectivity index (χ3v) is 7.07. The van der Waals surface area contributed by atoms with Crippen LogP contribution in [0.4, 0.5) is 0 Å². The van der Waals surface area contributed by atoms with Crippen molar-refractivity contribution < 1.29 is 17.9 Å². The lowest BCUT2D eigenvalue weighted by atomic mass is 10.3. The van der Waals surface area contributed by atoms with Gasteiger partial charge in [0, 0.05) is 32.2 Å². The van der Waals surface area contributed by atoms with Gasteiger partial charge in [0.05, 0.1) is 11.6 Å². The number of nitrogens with zero attached hydrogens (tertiary/aromatic N) is 2. The van der Waals surface area contributed by atoms with Crippen molar-refractivity contribution in [3.05, 3.63) is 29.3 Å². The molecule has 1 heterocycles. The Bertz CT molecular complexity index is 754. The Kier molecular flexibility index (Phi) is 6.19. The number of hydrogen-bond donors (Lipinski definition) is 1. The Morgan fingerprint density at radius 3 is 2.81 bits per heavy atom. The molecule has 3 rings (SSSR count). The number of carbonyl (C=O) groups is 1. The monoisotopic (exact) mass is 401 g/mol. The van der Waals surface area contributed by atoms with E-state index in [2.05, 4.69) is 10.2 Å². The summed E-state index contributed by atoms with van der Waals surface area (Å²) in [6, 6.07) is 6.94. The zero-order chi connectivity index (χ0) is 18.7. The van der Waals surface area contributed by atoms with Crippen LogP contribution in [0.1, 0.15) is 12.8 Å². The molecule has 1 aliphatic carbocycles. The van der Waals surface area contributed by atoms with E-state index >= 15 is 0 Å². The standard InChI is InChI=1S/C17H24ClN3O4S/c1-20(13-6-7-13)9-8-19-17(22)15-12-21(10-11-25-15)26(23,24)16-5-3-2-4-14(16)18/h2-5,13,15H,6-12H2,1H3,(H,19,22)/t15-/m1/s1. The number of morpholine rings is 1. The first-order valence-corrected chi connectivity index (χ1v) is 10.6. The zero-order valence-electron chi connectivity index (χ0n) is 14.7. The van der Waals surface area contributed by atoms with Gasteiger partial charge in [-0.1, -0.05) is 23.7 Å². The van der Waals surface area contributed by atoms with Crippen molar-refractivity contribution in [3.63, 3.8) is 0 Å². The lowest BCUT2D eigenvalue weighted by molar-refractivity contribution is -0.136. The summed E-state index contributed by atoms with van der Waals surface area (Å²) < 4.78 is 32.4. The van der Waals surface area contributed by atoms with Gasteiger partial charge in [-0.2, -0.15) is 4.31 Å². The van der Waals surface area contributed by atoms with Gasteiger partial charge in [0.1, 0.15) is 11.0 Å². The van der Waals surface area contributed by atoms with Crippen LogP contribution in [0.5, 0.6) is 0 Å². The third-order valence-electron chi connectivity index (χ3n) is 4.71. The smallest absolute Gasteiger partial charge is 0.250 e. The van der Waals surface area contributed by atoms with E-state index in [9.17, 15) is 13.2 Å². The molecule has 9 heteroatoms. The van der Waals surface area contributed by atoms with E-state index in [-0.39, 0.29) is 35.5 Å². The highest BCUT2D eigenvalue weighted by atomic mass is 35.5. The summed E-state index contributed by atoms with van der Waals surface area (Å²) in [5.41, 5.74) is 0. The number of benzene rings is 1. The SMILES string of the molecule is CN(CCNC(=O)[C@H]1CN(S(=O)(=O)c2ccccc2Cl)CCO1)C1CC1. The van der Waals surface area contributed by atoms with Crippen LogP contribution in [-0.4, -0.2) is 75.5 Å². The summed E-state index contributed by atoms with van der Waals surface area (Å²) >= 11 is 6.03. The second kappa shape index (κ2) is 8.22. The Morgan fingerprint density at radius 2 is 2.12 bits per heavy atom. The quantitative estimate of drug-likeness (QED) is 0.735. The molecule has 1 aliphatic heterocycles. The second-order valence-corrected chi connectivity index (χ2v) is 8.97. The van der Waals surface area contributed by atoms with Gasteiger partial charge in [-0.25, -0.2) is 8.42 Å². The number of ether oxygens (including phenoxy) is 1. The maximum absolute atomic E-state index is 12.8. The molecule has 26 heavy (non-hydrogen) atoms. The van der Waals surface area contributed by atoms with Crippen molar-refractivity contribution in [2.75, 3.05) is 39.8 Å². The first-order valence-electron chi connectivity index (χ1n) is 8.74. The minimum absolute atomic E-state index is 0.0160. The van der Waals surface area contributed by atoms with Crippen molar-refractivity contribution in [2.24, 2.45) is 0 Å². The van der Waals surface area contributed by atoms with Gasteiger partial charge in [-0.05, 0) is 32.0 Å². The van der Waals surface area contributed by atoms with Gasteiger partial charge >= 0.3 is 0 Å². The zero-order valence-corrected chi connectivity index (χ0v) is 16.3. The van der Waals surface area contributed by atoms with Crippen LogP contribution in [0.3, 0.4) is 0 Å². The molecule has 0 radical (unpaired) electrons. The first-order chi connectivity index (χ1) is 12.4. The van der Waals surface area contributed by atoms with E-state index in [0.29, 0.717) is 12.6 Å². The average molecular weight is 402 g/mol. The summed E-state index contributed by atoms with van der Waals surface area (Å²) in [4.78, 5) is 14.6. The normalized spacial score (nSPS) is 21.7. The van der Waals surface area contributed by atoms with E-state index in [4.69, 9.17) is 16.3 Å². The van der Waals surface area contributed by atoms with Crippen LogP contribution in [0.15, 0.2) is 29.2 Å². The molecule has 0 bridgehead atoms. The van der Waals surface area contributed by atoms with Crippen molar-refractivity contribution in [3.8, 4) is 0 Å². The van der Waals surface area contributed by atoms with Gasteiger partial charge in [-0.3, -0.25) is 4.79 Å². The fraction of sp³-hybridized carbons (Fsp3) is 0.588. The Hall–Kier alpha value is -1.19. The maximum atomic E-state index is 12.8. The van der Waals surface area contributed by atoms with Gasteiger partial charge in [0.15, 0.2) is 0 Å². The van der Waals surface area contributed by atoms with Crippen LogP contribution < -0.4 is 5.32 Å².